The molecule has 0 N–H and O–H groups in total. The van der Waals surface area contributed by atoms with Gasteiger partial charge >= 0.3 is 37.7 Å². The Morgan fingerprint density at radius 2 is 1.35 bits per heavy atom. The van der Waals surface area contributed by atoms with Crippen molar-refractivity contribution in [1.29, 1.82) is 0 Å². The molecule has 0 unspecified atom stereocenters. The molecule has 0 aromatic rings. The Kier molecular flexibility index (Phi) is 6.95. The molecule has 3 saturated heterocycles. The van der Waals surface area contributed by atoms with Crippen LogP contribution < -0.4 is 17.5 Å². The summed E-state index contributed by atoms with van der Waals surface area (Å²) < 4.78 is 0. The normalized spacial score (nSPS) is 20.7. The summed E-state index contributed by atoms with van der Waals surface area (Å²) in [6.45, 7) is 6.38. The van der Waals surface area contributed by atoms with Crippen LogP contribution in [0.25, 0.3) is 0 Å². The number of carboxylic acids is 1. The average Bonchev–Trinajstić information content (AvgIpc) is 3.26. The minimum absolute atomic E-state index is 0. The SMILES string of the molecule is CC(=O)[O-].O=C1C=C(N2CC2)C(=O)C(N2CC2)=C1N1CC1.[Ca+2].[Cl-]. The molecule has 0 radical (unpaired) electrons. The number of rotatable bonds is 3. The second kappa shape index (κ2) is 7.87. The Labute approximate surface area is 170 Å². The fraction of sp³-hybridized carbons (Fsp3) is 0.500. The zero-order chi connectivity index (χ0) is 15.1. The summed E-state index contributed by atoms with van der Waals surface area (Å²) in [5.74, 6) is -1.03. The van der Waals surface area contributed by atoms with Crippen LogP contribution in [0.3, 0.4) is 0 Å². The number of carboxylic acid groups (broad SMARTS) is 1. The van der Waals surface area contributed by atoms with E-state index in [1.54, 1.807) is 0 Å². The first-order valence-electron chi connectivity index (χ1n) is 6.96. The van der Waals surface area contributed by atoms with E-state index in [0.29, 0.717) is 17.1 Å². The molecule has 3 heterocycles. The van der Waals surface area contributed by atoms with Gasteiger partial charge in [-0.05, 0) is 6.92 Å². The van der Waals surface area contributed by atoms with E-state index in [4.69, 9.17) is 9.90 Å². The van der Waals surface area contributed by atoms with Crippen LogP contribution in [0.4, 0.5) is 0 Å². The number of ketones is 2. The van der Waals surface area contributed by atoms with Gasteiger partial charge in [-0.1, -0.05) is 0 Å². The van der Waals surface area contributed by atoms with Crippen LogP contribution in [-0.4, -0.2) is 109 Å². The number of hydrogen-bond acceptors (Lipinski definition) is 7. The Balaban J connectivity index is 0.000000401. The van der Waals surface area contributed by atoms with E-state index in [1.165, 1.54) is 6.08 Å². The summed E-state index contributed by atoms with van der Waals surface area (Å²) in [6.07, 6.45) is 1.52. The van der Waals surface area contributed by atoms with Crippen LogP contribution in [0.5, 0.6) is 0 Å². The monoisotopic (exact) mass is 365 g/mol. The number of halogens is 1. The molecule has 3 aliphatic heterocycles. The molecule has 23 heavy (non-hydrogen) atoms. The fourth-order valence-electron chi connectivity index (χ4n) is 2.28. The third-order valence-corrected chi connectivity index (χ3v) is 3.49. The molecule has 9 heteroatoms. The molecular formula is C14H16CaClN3O4. The minimum Gasteiger partial charge on any atom is -1.00 e. The van der Waals surface area contributed by atoms with Crippen LogP contribution in [-0.2, 0) is 14.4 Å². The van der Waals surface area contributed by atoms with E-state index in [2.05, 4.69) is 0 Å². The van der Waals surface area contributed by atoms with Crippen molar-refractivity contribution in [2.75, 3.05) is 39.3 Å². The molecule has 0 spiro atoms. The fourth-order valence-corrected chi connectivity index (χ4v) is 2.28. The van der Waals surface area contributed by atoms with Gasteiger partial charge in [0.05, 0.1) is 5.70 Å². The van der Waals surface area contributed by atoms with Gasteiger partial charge < -0.3 is 37.0 Å². The third kappa shape index (κ3) is 4.86. The Hall–Kier alpha value is -0.760. The van der Waals surface area contributed by atoms with Gasteiger partial charge in [0.15, 0.2) is 0 Å². The number of carbonyl (C=O) groups excluding carboxylic acids is 3. The standard InChI is InChI=1S/C12H13N3O2.C2H4O2.Ca.ClH/c16-9-7-8(13-1-2-13)12(17)11(15-5-6-15)10(9)14-3-4-14;1-2(3)4;;/h7H,1-6H2;1H3,(H,3,4);;1H/q;;+2;/p-2. The van der Waals surface area contributed by atoms with Crippen molar-refractivity contribution in [2.45, 2.75) is 6.92 Å². The molecule has 3 fully saturated rings. The van der Waals surface area contributed by atoms with E-state index < -0.39 is 5.97 Å². The second-order valence-electron chi connectivity index (χ2n) is 5.37. The summed E-state index contributed by atoms with van der Waals surface area (Å²) in [5, 5.41) is 8.89. The van der Waals surface area contributed by atoms with E-state index in [1.807, 2.05) is 14.7 Å². The van der Waals surface area contributed by atoms with Gasteiger partial charge in [0, 0.05) is 51.3 Å². The number of aliphatic carboxylic acids is 1. The van der Waals surface area contributed by atoms with Crippen molar-refractivity contribution < 1.29 is 31.9 Å². The van der Waals surface area contributed by atoms with Gasteiger partial charge in [-0.15, -0.1) is 0 Å². The maximum atomic E-state index is 12.4. The Morgan fingerprint density at radius 3 is 1.74 bits per heavy atom. The van der Waals surface area contributed by atoms with Crippen LogP contribution in [0, 0.1) is 0 Å². The molecule has 0 bridgehead atoms. The number of carbonyl (C=O) groups is 3. The first-order valence-corrected chi connectivity index (χ1v) is 6.96. The van der Waals surface area contributed by atoms with E-state index >= 15 is 0 Å². The van der Waals surface area contributed by atoms with E-state index in [9.17, 15) is 9.59 Å². The third-order valence-electron chi connectivity index (χ3n) is 3.49. The zero-order valence-corrected chi connectivity index (χ0v) is 15.8. The molecule has 0 aromatic heterocycles. The molecular weight excluding hydrogens is 350 g/mol. The first kappa shape index (κ1) is 20.3. The van der Waals surface area contributed by atoms with Crippen molar-refractivity contribution in [2.24, 2.45) is 0 Å². The predicted molar refractivity (Wildman–Crippen MR) is 76.3 cm³/mol. The molecule has 120 valence electrons. The quantitative estimate of drug-likeness (QED) is 0.280. The maximum absolute atomic E-state index is 12.4. The Bertz CT molecular complexity index is 589. The summed E-state index contributed by atoms with van der Waals surface area (Å²) in [6, 6.07) is 0. The number of hydrogen-bond donors (Lipinski definition) is 0. The molecule has 0 saturated carbocycles. The number of allylic oxidation sites excluding steroid dienone is 1. The topological polar surface area (TPSA) is 83.3 Å². The molecule has 4 rings (SSSR count). The summed E-state index contributed by atoms with van der Waals surface area (Å²) in [5.41, 5.74) is 1.89. The molecule has 4 aliphatic rings. The van der Waals surface area contributed by atoms with Gasteiger partial charge in [-0.25, -0.2) is 0 Å². The Morgan fingerprint density at radius 1 is 0.957 bits per heavy atom. The van der Waals surface area contributed by atoms with Crippen LogP contribution in [0.2, 0.25) is 0 Å². The van der Waals surface area contributed by atoms with Gasteiger partial charge in [0.25, 0.3) is 0 Å². The van der Waals surface area contributed by atoms with Crippen LogP contribution in [0.15, 0.2) is 23.2 Å². The van der Waals surface area contributed by atoms with Crippen LogP contribution >= 0.6 is 0 Å². The molecule has 1 aliphatic carbocycles. The van der Waals surface area contributed by atoms with Crippen molar-refractivity contribution in [3.05, 3.63) is 23.2 Å². The summed E-state index contributed by atoms with van der Waals surface area (Å²) in [7, 11) is 0. The first-order chi connectivity index (χ1) is 9.99. The predicted octanol–water partition coefficient (Wildman–Crippen LogP) is -5.44. The summed E-state index contributed by atoms with van der Waals surface area (Å²) in [4.78, 5) is 39.4. The minimum atomic E-state index is -1.08. The smallest absolute Gasteiger partial charge is 1.00 e. The second-order valence-corrected chi connectivity index (χ2v) is 5.37. The van der Waals surface area contributed by atoms with Crippen LogP contribution in [0.1, 0.15) is 6.92 Å². The van der Waals surface area contributed by atoms with Gasteiger partial charge in [0.2, 0.25) is 11.6 Å². The summed E-state index contributed by atoms with van der Waals surface area (Å²) >= 11 is 0. The molecule has 0 aromatic carbocycles. The molecule has 0 atom stereocenters. The molecule has 7 nitrogen and oxygen atoms in total. The molecule has 0 amide bonds. The van der Waals surface area contributed by atoms with E-state index in [0.717, 1.165) is 46.2 Å². The maximum Gasteiger partial charge on any atom is 2.00 e. The number of Topliss-reactive ketones (excluding diaryl/α,β-unsaturated/α-hetero) is 1. The van der Waals surface area contributed by atoms with Gasteiger partial charge in [0.1, 0.15) is 11.4 Å². The van der Waals surface area contributed by atoms with Crippen molar-refractivity contribution >= 4 is 55.3 Å². The zero-order valence-electron chi connectivity index (χ0n) is 12.9. The number of nitrogens with zero attached hydrogens (tertiary/aromatic N) is 3. The van der Waals surface area contributed by atoms with Crippen molar-refractivity contribution in [3.8, 4) is 0 Å². The van der Waals surface area contributed by atoms with Crippen molar-refractivity contribution in [1.82, 2.24) is 14.7 Å². The van der Waals surface area contributed by atoms with Gasteiger partial charge in [-0.3, -0.25) is 9.59 Å². The largest absolute Gasteiger partial charge is 2.00 e. The van der Waals surface area contributed by atoms with E-state index in [-0.39, 0.29) is 61.7 Å². The van der Waals surface area contributed by atoms with Crippen molar-refractivity contribution in [3.63, 3.8) is 0 Å². The van der Waals surface area contributed by atoms with Gasteiger partial charge in [-0.2, -0.15) is 0 Å². The average molecular weight is 366 g/mol.